The summed E-state index contributed by atoms with van der Waals surface area (Å²) in [7, 11) is 1.57. The van der Waals surface area contributed by atoms with E-state index in [-0.39, 0.29) is 5.91 Å². The Morgan fingerprint density at radius 3 is 2.47 bits per heavy atom. The van der Waals surface area contributed by atoms with Gasteiger partial charge < -0.3 is 10.1 Å². The van der Waals surface area contributed by atoms with Crippen molar-refractivity contribution in [3.8, 4) is 11.8 Å². The molecular weight excluding hydrogens is 192 g/mol. The predicted molar refractivity (Wildman–Crippen MR) is 55.2 cm³/mol. The highest BCUT2D eigenvalue weighted by Gasteiger charge is 2.10. The lowest BCUT2D eigenvalue weighted by atomic mass is 10.1. The number of hydrogen-bond donors (Lipinski definition) is 1. The van der Waals surface area contributed by atoms with Crippen molar-refractivity contribution in [3.05, 3.63) is 29.8 Å². The molecule has 78 valence electrons. The molecule has 1 atom stereocenters. The molecule has 0 aromatic heterocycles. The molecule has 1 aromatic rings. The van der Waals surface area contributed by atoms with Crippen LogP contribution in [0.1, 0.15) is 18.5 Å². The molecule has 15 heavy (non-hydrogen) atoms. The van der Waals surface area contributed by atoms with Crippen LogP contribution in [0.4, 0.5) is 0 Å². The monoisotopic (exact) mass is 204 g/mol. The molecule has 0 radical (unpaired) electrons. The molecule has 0 saturated heterocycles. The zero-order chi connectivity index (χ0) is 11.3. The van der Waals surface area contributed by atoms with Crippen molar-refractivity contribution in [2.24, 2.45) is 0 Å². The second-order valence-corrected chi connectivity index (χ2v) is 3.04. The number of amides is 1. The molecule has 0 spiro atoms. The summed E-state index contributed by atoms with van der Waals surface area (Å²) in [4.78, 5) is 10.8. The smallest absolute Gasteiger partial charge is 0.218 e. The van der Waals surface area contributed by atoms with Crippen LogP contribution < -0.4 is 10.1 Å². The number of carbonyl (C=O) groups is 1. The van der Waals surface area contributed by atoms with Crippen molar-refractivity contribution in [1.82, 2.24) is 5.32 Å². The van der Waals surface area contributed by atoms with E-state index >= 15 is 0 Å². The van der Waals surface area contributed by atoms with Crippen LogP contribution in [-0.2, 0) is 4.79 Å². The van der Waals surface area contributed by atoms with Crippen molar-refractivity contribution >= 4 is 5.91 Å². The Kier molecular flexibility index (Phi) is 3.69. The minimum atomic E-state index is -0.603. The molecule has 1 unspecified atom stereocenters. The third-order valence-electron chi connectivity index (χ3n) is 1.93. The van der Waals surface area contributed by atoms with Gasteiger partial charge in [0, 0.05) is 6.92 Å². The molecule has 0 saturated carbocycles. The first kappa shape index (κ1) is 11.1. The molecule has 1 N–H and O–H groups in total. The summed E-state index contributed by atoms with van der Waals surface area (Å²) in [6, 6.07) is 8.42. The van der Waals surface area contributed by atoms with Crippen molar-refractivity contribution in [2.45, 2.75) is 13.0 Å². The maximum atomic E-state index is 10.8. The van der Waals surface area contributed by atoms with E-state index in [1.165, 1.54) is 6.92 Å². The lowest BCUT2D eigenvalue weighted by molar-refractivity contribution is -0.119. The summed E-state index contributed by atoms with van der Waals surface area (Å²) in [5.74, 6) is 0.496. The van der Waals surface area contributed by atoms with Crippen LogP contribution in [-0.4, -0.2) is 13.0 Å². The van der Waals surface area contributed by atoms with Gasteiger partial charge in [0.2, 0.25) is 5.91 Å². The number of hydrogen-bond acceptors (Lipinski definition) is 3. The quantitative estimate of drug-likeness (QED) is 0.809. The normalized spacial score (nSPS) is 11.3. The number of ether oxygens (including phenoxy) is 1. The van der Waals surface area contributed by atoms with Crippen LogP contribution in [0.3, 0.4) is 0 Å². The second-order valence-electron chi connectivity index (χ2n) is 3.04. The van der Waals surface area contributed by atoms with Gasteiger partial charge in [0.05, 0.1) is 13.2 Å². The maximum Gasteiger partial charge on any atom is 0.218 e. The highest BCUT2D eigenvalue weighted by Crippen LogP contribution is 2.16. The van der Waals surface area contributed by atoms with E-state index in [9.17, 15) is 4.79 Å². The minimum Gasteiger partial charge on any atom is -0.497 e. The molecular formula is C11H12N2O2. The summed E-state index contributed by atoms with van der Waals surface area (Å²) in [6.07, 6.45) is 0. The SMILES string of the molecule is COc1ccc(C(C#N)NC(C)=O)cc1. The molecule has 1 rings (SSSR count). The fraction of sp³-hybridized carbons (Fsp3) is 0.273. The van der Waals surface area contributed by atoms with Gasteiger partial charge in [-0.2, -0.15) is 5.26 Å². The number of methoxy groups -OCH3 is 1. The number of nitrogens with zero attached hydrogens (tertiary/aromatic N) is 1. The van der Waals surface area contributed by atoms with E-state index in [4.69, 9.17) is 10.00 Å². The number of rotatable bonds is 3. The number of carbonyl (C=O) groups excluding carboxylic acids is 1. The fourth-order valence-electron chi connectivity index (χ4n) is 1.19. The third kappa shape index (κ3) is 2.99. The Bertz CT molecular complexity index is 379. The first-order valence-electron chi connectivity index (χ1n) is 4.48. The molecule has 1 amide bonds. The first-order valence-corrected chi connectivity index (χ1v) is 4.48. The molecule has 0 aliphatic carbocycles. The van der Waals surface area contributed by atoms with Crippen molar-refractivity contribution < 1.29 is 9.53 Å². The van der Waals surface area contributed by atoms with E-state index in [1.807, 2.05) is 6.07 Å². The van der Waals surface area contributed by atoms with E-state index in [2.05, 4.69) is 5.32 Å². The molecule has 0 aliphatic heterocycles. The Morgan fingerprint density at radius 1 is 1.47 bits per heavy atom. The summed E-state index contributed by atoms with van der Waals surface area (Å²) in [5, 5.41) is 11.4. The van der Waals surface area contributed by atoms with Gasteiger partial charge in [0.15, 0.2) is 0 Å². The van der Waals surface area contributed by atoms with Gasteiger partial charge in [-0.15, -0.1) is 0 Å². The number of nitrogens with one attached hydrogen (secondary N) is 1. The Hall–Kier alpha value is -2.02. The van der Waals surface area contributed by atoms with E-state index in [1.54, 1.807) is 31.4 Å². The van der Waals surface area contributed by atoms with Crippen molar-refractivity contribution in [2.75, 3.05) is 7.11 Å². The van der Waals surface area contributed by atoms with Gasteiger partial charge in [-0.05, 0) is 17.7 Å². The average Bonchev–Trinajstić information content (AvgIpc) is 2.26. The predicted octanol–water partition coefficient (Wildman–Crippen LogP) is 1.40. The highest BCUT2D eigenvalue weighted by molar-refractivity contribution is 5.73. The van der Waals surface area contributed by atoms with Crippen LogP contribution in [0.25, 0.3) is 0 Å². The molecule has 0 bridgehead atoms. The first-order chi connectivity index (χ1) is 7.17. The lowest BCUT2D eigenvalue weighted by Gasteiger charge is -2.10. The average molecular weight is 204 g/mol. The largest absolute Gasteiger partial charge is 0.497 e. The third-order valence-corrected chi connectivity index (χ3v) is 1.93. The van der Waals surface area contributed by atoms with Crippen LogP contribution >= 0.6 is 0 Å². The second kappa shape index (κ2) is 5.01. The molecule has 0 heterocycles. The maximum absolute atomic E-state index is 10.8. The van der Waals surface area contributed by atoms with Crippen LogP contribution in [0.2, 0.25) is 0 Å². The van der Waals surface area contributed by atoms with Gasteiger partial charge in [0.1, 0.15) is 11.8 Å². The van der Waals surface area contributed by atoms with E-state index in [0.29, 0.717) is 0 Å². The van der Waals surface area contributed by atoms with Crippen LogP contribution in [0.15, 0.2) is 24.3 Å². The molecule has 0 aliphatic rings. The lowest BCUT2D eigenvalue weighted by Crippen LogP contribution is -2.24. The molecule has 4 nitrogen and oxygen atoms in total. The number of nitriles is 1. The van der Waals surface area contributed by atoms with Gasteiger partial charge in [-0.25, -0.2) is 0 Å². The van der Waals surface area contributed by atoms with E-state index in [0.717, 1.165) is 11.3 Å². The summed E-state index contributed by atoms with van der Waals surface area (Å²) in [5.41, 5.74) is 0.744. The highest BCUT2D eigenvalue weighted by atomic mass is 16.5. The standard InChI is InChI=1S/C11H12N2O2/c1-8(14)13-11(7-12)9-3-5-10(15-2)6-4-9/h3-6,11H,1-2H3,(H,13,14). The van der Waals surface area contributed by atoms with Crippen LogP contribution in [0.5, 0.6) is 5.75 Å². The van der Waals surface area contributed by atoms with Gasteiger partial charge in [-0.3, -0.25) is 4.79 Å². The summed E-state index contributed by atoms with van der Waals surface area (Å²) in [6.45, 7) is 1.38. The zero-order valence-corrected chi connectivity index (χ0v) is 8.65. The Labute approximate surface area is 88.5 Å². The Balaban J connectivity index is 2.84. The van der Waals surface area contributed by atoms with Gasteiger partial charge >= 0.3 is 0 Å². The topological polar surface area (TPSA) is 62.1 Å². The van der Waals surface area contributed by atoms with Crippen LogP contribution in [0, 0.1) is 11.3 Å². The van der Waals surface area contributed by atoms with Crippen molar-refractivity contribution in [1.29, 1.82) is 5.26 Å². The van der Waals surface area contributed by atoms with Gasteiger partial charge in [0.25, 0.3) is 0 Å². The molecule has 1 aromatic carbocycles. The zero-order valence-electron chi connectivity index (χ0n) is 8.65. The van der Waals surface area contributed by atoms with E-state index < -0.39 is 6.04 Å². The summed E-state index contributed by atoms with van der Waals surface area (Å²) >= 11 is 0. The van der Waals surface area contributed by atoms with Crippen molar-refractivity contribution in [3.63, 3.8) is 0 Å². The fourth-order valence-corrected chi connectivity index (χ4v) is 1.19. The molecule has 0 fully saturated rings. The number of benzene rings is 1. The molecule has 4 heteroatoms. The Morgan fingerprint density at radius 2 is 2.07 bits per heavy atom. The minimum absolute atomic E-state index is 0.225. The summed E-state index contributed by atoms with van der Waals surface area (Å²) < 4.78 is 4.99. The van der Waals surface area contributed by atoms with Gasteiger partial charge in [-0.1, -0.05) is 12.1 Å².